The highest BCUT2D eigenvalue weighted by molar-refractivity contribution is 8.27. The molecule has 1 fully saturated rings. The van der Waals surface area contributed by atoms with Crippen molar-refractivity contribution in [3.8, 4) is 11.5 Å². The van der Waals surface area contributed by atoms with Crippen LogP contribution in [-0.2, 0) is 11.4 Å². The minimum atomic E-state index is -0.569. The molecule has 4 rings (SSSR count). The molecule has 0 atom stereocenters. The number of hydrogen-bond acceptors (Lipinski definition) is 5. The highest BCUT2D eigenvalue weighted by Gasteiger charge is 2.34. The summed E-state index contributed by atoms with van der Waals surface area (Å²) in [6.07, 6.45) is 1.70. The summed E-state index contributed by atoms with van der Waals surface area (Å²) in [5, 5.41) is 0.553. The third kappa shape index (κ3) is 5.17. The molecular weight excluding hydrogens is 504 g/mol. The van der Waals surface area contributed by atoms with Crippen molar-refractivity contribution < 1.29 is 18.7 Å². The number of benzene rings is 3. The molecule has 3 aromatic rings. The van der Waals surface area contributed by atoms with Crippen LogP contribution in [0.25, 0.3) is 6.08 Å². The zero-order chi connectivity index (χ0) is 23.5. The second-order valence-corrected chi connectivity index (χ2v) is 9.43. The zero-order valence-electron chi connectivity index (χ0n) is 17.2. The molecule has 0 bridgehead atoms. The molecule has 0 aromatic heterocycles. The van der Waals surface area contributed by atoms with Crippen molar-refractivity contribution in [3.05, 3.63) is 92.6 Å². The molecule has 4 nitrogen and oxygen atoms in total. The Balaban J connectivity index is 1.64. The van der Waals surface area contributed by atoms with Gasteiger partial charge in [0.1, 0.15) is 12.4 Å². The number of amides is 1. The number of anilines is 1. The lowest BCUT2D eigenvalue weighted by Gasteiger charge is -2.15. The molecule has 0 spiro atoms. The Hall–Kier alpha value is -2.58. The van der Waals surface area contributed by atoms with Crippen molar-refractivity contribution in [1.82, 2.24) is 0 Å². The van der Waals surface area contributed by atoms with Crippen LogP contribution in [0.4, 0.5) is 10.1 Å². The number of methoxy groups -OCH3 is 1. The van der Waals surface area contributed by atoms with E-state index in [1.807, 2.05) is 18.2 Å². The molecule has 0 aliphatic carbocycles. The molecule has 33 heavy (non-hydrogen) atoms. The van der Waals surface area contributed by atoms with Crippen molar-refractivity contribution in [3.63, 3.8) is 0 Å². The fraction of sp³-hybridized carbons (Fsp3) is 0.0833. The van der Waals surface area contributed by atoms with E-state index < -0.39 is 5.82 Å². The number of thiocarbonyl (C=S) groups is 1. The van der Waals surface area contributed by atoms with Gasteiger partial charge in [-0.15, -0.1) is 0 Å². The third-order valence-electron chi connectivity index (χ3n) is 4.77. The van der Waals surface area contributed by atoms with Crippen LogP contribution in [0.15, 0.2) is 65.6 Å². The van der Waals surface area contributed by atoms with Gasteiger partial charge in [0.05, 0.1) is 22.7 Å². The highest BCUT2D eigenvalue weighted by atomic mass is 35.5. The van der Waals surface area contributed by atoms with Gasteiger partial charge < -0.3 is 9.47 Å². The lowest BCUT2D eigenvalue weighted by atomic mass is 10.1. The van der Waals surface area contributed by atoms with Crippen LogP contribution in [0.1, 0.15) is 11.1 Å². The second kappa shape index (κ2) is 10.1. The van der Waals surface area contributed by atoms with Crippen LogP contribution in [0.5, 0.6) is 11.5 Å². The van der Waals surface area contributed by atoms with Gasteiger partial charge in [-0.3, -0.25) is 9.69 Å². The Morgan fingerprint density at radius 1 is 1.12 bits per heavy atom. The summed E-state index contributed by atoms with van der Waals surface area (Å²) in [6.45, 7) is 0.285. The number of thioether (sulfide) groups is 1. The van der Waals surface area contributed by atoms with E-state index in [0.717, 1.165) is 17.3 Å². The quantitative estimate of drug-likeness (QED) is 0.256. The largest absolute Gasteiger partial charge is 0.493 e. The maximum atomic E-state index is 13.6. The van der Waals surface area contributed by atoms with Gasteiger partial charge >= 0.3 is 0 Å². The van der Waals surface area contributed by atoms with E-state index in [4.69, 9.17) is 44.9 Å². The van der Waals surface area contributed by atoms with Crippen molar-refractivity contribution in [2.75, 3.05) is 12.0 Å². The summed E-state index contributed by atoms with van der Waals surface area (Å²) in [7, 11) is 1.55. The van der Waals surface area contributed by atoms with Crippen LogP contribution < -0.4 is 14.4 Å². The maximum Gasteiger partial charge on any atom is 0.270 e. The van der Waals surface area contributed by atoms with E-state index in [2.05, 4.69) is 0 Å². The Kier molecular flexibility index (Phi) is 7.24. The van der Waals surface area contributed by atoms with Gasteiger partial charge in [-0.25, -0.2) is 4.39 Å². The van der Waals surface area contributed by atoms with Crippen molar-refractivity contribution in [1.29, 1.82) is 0 Å². The van der Waals surface area contributed by atoms with Crippen LogP contribution in [-0.4, -0.2) is 17.3 Å². The summed E-state index contributed by atoms with van der Waals surface area (Å²) in [5.74, 6) is 0.114. The molecule has 0 unspecified atom stereocenters. The van der Waals surface area contributed by atoms with Gasteiger partial charge in [0.25, 0.3) is 5.91 Å². The minimum absolute atomic E-state index is 0.0868. The number of carbonyl (C=O) groups excluding carboxylic acids is 1. The molecule has 1 aliphatic heterocycles. The smallest absolute Gasteiger partial charge is 0.270 e. The third-order valence-corrected chi connectivity index (χ3v) is 6.61. The first kappa shape index (κ1) is 23.6. The van der Waals surface area contributed by atoms with E-state index in [9.17, 15) is 9.18 Å². The Morgan fingerprint density at radius 2 is 1.88 bits per heavy atom. The van der Waals surface area contributed by atoms with Gasteiger partial charge in [-0.05, 0) is 48.0 Å². The predicted molar refractivity (Wildman–Crippen MR) is 136 cm³/mol. The number of halogens is 3. The summed E-state index contributed by atoms with van der Waals surface area (Å²) >= 11 is 18.4. The molecule has 1 heterocycles. The first-order valence-corrected chi connectivity index (χ1v) is 11.6. The summed E-state index contributed by atoms with van der Waals surface area (Å²) < 4.78 is 25.4. The fourth-order valence-electron chi connectivity index (χ4n) is 3.15. The van der Waals surface area contributed by atoms with Crippen LogP contribution >= 0.6 is 47.2 Å². The fourth-order valence-corrected chi connectivity index (χ4v) is 4.74. The van der Waals surface area contributed by atoms with Gasteiger partial charge in [-0.1, -0.05) is 71.4 Å². The van der Waals surface area contributed by atoms with Gasteiger partial charge in [0.15, 0.2) is 15.8 Å². The molecule has 0 radical (unpaired) electrons. The van der Waals surface area contributed by atoms with Gasteiger partial charge in [-0.2, -0.15) is 0 Å². The number of para-hydroxylation sites is 1. The van der Waals surface area contributed by atoms with Crippen molar-refractivity contribution in [2.24, 2.45) is 0 Å². The van der Waals surface area contributed by atoms with E-state index in [-0.39, 0.29) is 17.5 Å². The molecule has 1 aliphatic rings. The van der Waals surface area contributed by atoms with Crippen LogP contribution in [0, 0.1) is 5.82 Å². The molecule has 9 heteroatoms. The normalized spacial score (nSPS) is 14.8. The summed E-state index contributed by atoms with van der Waals surface area (Å²) in [6, 6.07) is 16.8. The van der Waals surface area contributed by atoms with E-state index in [1.54, 1.807) is 37.5 Å². The number of hydrogen-bond donors (Lipinski definition) is 0. The molecule has 1 saturated heterocycles. The van der Waals surface area contributed by atoms with Crippen LogP contribution in [0.2, 0.25) is 10.0 Å². The molecule has 3 aromatic carbocycles. The average Bonchev–Trinajstić information content (AvgIpc) is 3.08. The van der Waals surface area contributed by atoms with E-state index in [0.29, 0.717) is 37.0 Å². The minimum Gasteiger partial charge on any atom is -0.493 e. The SMILES string of the molecule is COc1cccc(/C=C2/SC(=S)N(c3ccc(F)c(Cl)c3)C2=O)c1OCc1ccc(Cl)cc1. The molecule has 0 N–H and O–H groups in total. The number of rotatable bonds is 6. The standard InChI is InChI=1S/C24H16Cl2FNO3S2/c1-30-20-4-2-3-15(22(20)31-13-14-5-7-16(25)8-6-14)11-21-23(29)28(24(32)33-21)17-9-10-19(27)18(26)12-17/h2-12H,13H2,1H3/b21-11+. The summed E-state index contributed by atoms with van der Waals surface area (Å²) in [5.41, 5.74) is 1.98. The van der Waals surface area contributed by atoms with E-state index >= 15 is 0 Å². The van der Waals surface area contributed by atoms with Gasteiger partial charge in [0, 0.05) is 10.6 Å². The molecule has 1 amide bonds. The number of ether oxygens (including phenoxy) is 2. The van der Waals surface area contributed by atoms with Gasteiger partial charge in [0.2, 0.25) is 0 Å². The molecule has 168 valence electrons. The number of carbonyl (C=O) groups is 1. The predicted octanol–water partition coefficient (Wildman–Crippen LogP) is 7.13. The lowest BCUT2D eigenvalue weighted by Crippen LogP contribution is -2.27. The van der Waals surface area contributed by atoms with E-state index in [1.165, 1.54) is 23.1 Å². The highest BCUT2D eigenvalue weighted by Crippen LogP contribution is 2.40. The Labute approximate surface area is 209 Å². The first-order valence-electron chi connectivity index (χ1n) is 9.64. The summed E-state index contributed by atoms with van der Waals surface area (Å²) in [4.78, 5) is 14.8. The topological polar surface area (TPSA) is 38.8 Å². The van der Waals surface area contributed by atoms with Crippen LogP contribution in [0.3, 0.4) is 0 Å². The monoisotopic (exact) mass is 519 g/mol. The molecular formula is C24H16Cl2FNO3S2. The van der Waals surface area contributed by atoms with Crippen molar-refractivity contribution >= 4 is 69.2 Å². The zero-order valence-corrected chi connectivity index (χ0v) is 20.3. The van der Waals surface area contributed by atoms with Crippen molar-refractivity contribution in [2.45, 2.75) is 6.61 Å². The second-order valence-electron chi connectivity index (χ2n) is 6.91. The first-order chi connectivity index (χ1) is 15.9. The maximum absolute atomic E-state index is 13.6. The average molecular weight is 520 g/mol. The number of nitrogens with zero attached hydrogens (tertiary/aromatic N) is 1. The lowest BCUT2D eigenvalue weighted by molar-refractivity contribution is -0.113. The Bertz CT molecular complexity index is 1270. The Morgan fingerprint density at radius 3 is 2.58 bits per heavy atom. The molecule has 0 saturated carbocycles.